The van der Waals surface area contributed by atoms with Crippen LogP contribution in [0.4, 0.5) is 13.2 Å². The lowest BCUT2D eigenvalue weighted by Gasteiger charge is -2.07. The highest BCUT2D eigenvalue weighted by Gasteiger charge is 2.16. The first-order valence-electron chi connectivity index (χ1n) is 5.17. The van der Waals surface area contributed by atoms with Crippen molar-refractivity contribution in [1.82, 2.24) is 9.97 Å². The van der Waals surface area contributed by atoms with Gasteiger partial charge in [-0.15, -0.1) is 0 Å². The number of rotatable bonds is 3. The minimum Gasteiger partial charge on any atom is -0.494 e. The quantitative estimate of drug-likeness (QED) is 0.859. The van der Waals surface area contributed by atoms with Gasteiger partial charge in [0.1, 0.15) is 5.69 Å². The van der Waals surface area contributed by atoms with Gasteiger partial charge in [0, 0.05) is 5.56 Å². The van der Waals surface area contributed by atoms with Gasteiger partial charge in [-0.05, 0) is 18.2 Å². The van der Waals surface area contributed by atoms with E-state index in [0.29, 0.717) is 5.56 Å². The number of hydrogen-bond donors (Lipinski definition) is 0. The lowest BCUT2D eigenvalue weighted by atomic mass is 10.1. The zero-order valence-corrected chi connectivity index (χ0v) is 10.5. The van der Waals surface area contributed by atoms with Crippen LogP contribution in [-0.4, -0.2) is 17.1 Å². The average Bonchev–Trinajstić information content (AvgIpc) is 2.38. The summed E-state index contributed by atoms with van der Waals surface area (Å²) in [5.41, 5.74) is 0.139. The number of nitrogens with zero attached hydrogens (tertiary/aromatic N) is 2. The maximum absolute atomic E-state index is 13.2. The van der Waals surface area contributed by atoms with Crippen molar-refractivity contribution in [2.75, 3.05) is 7.11 Å². The van der Waals surface area contributed by atoms with Crippen LogP contribution < -0.4 is 4.74 Å². The Bertz CT molecular complexity index is 608. The monoisotopic (exact) mass is 288 g/mol. The van der Waals surface area contributed by atoms with Crippen molar-refractivity contribution in [2.45, 2.75) is 6.43 Å². The van der Waals surface area contributed by atoms with E-state index < -0.39 is 17.9 Å². The fourth-order valence-corrected chi connectivity index (χ4v) is 1.70. The molecule has 2 rings (SSSR count). The lowest BCUT2D eigenvalue weighted by Crippen LogP contribution is -1.97. The van der Waals surface area contributed by atoms with Gasteiger partial charge in [0.2, 0.25) is 0 Å². The third kappa shape index (κ3) is 2.78. The van der Waals surface area contributed by atoms with E-state index >= 15 is 0 Å². The summed E-state index contributed by atoms with van der Waals surface area (Å²) >= 11 is 5.62. The predicted molar refractivity (Wildman–Crippen MR) is 63.9 cm³/mol. The fourth-order valence-electron chi connectivity index (χ4n) is 1.48. The molecule has 3 nitrogen and oxygen atoms in total. The van der Waals surface area contributed by atoms with Gasteiger partial charge in [-0.2, -0.15) is 0 Å². The molecule has 0 amide bonds. The lowest BCUT2D eigenvalue weighted by molar-refractivity contribution is 0.146. The molecular formula is C12H8ClF3N2O. The van der Waals surface area contributed by atoms with Crippen molar-refractivity contribution >= 4 is 11.6 Å². The average molecular weight is 289 g/mol. The minimum absolute atomic E-state index is 0.0216. The van der Waals surface area contributed by atoms with E-state index in [4.69, 9.17) is 16.3 Å². The Kier molecular flexibility index (Phi) is 3.90. The summed E-state index contributed by atoms with van der Waals surface area (Å²) in [6, 6.07) is 4.00. The van der Waals surface area contributed by atoms with Crippen LogP contribution in [0, 0.1) is 5.82 Å². The topological polar surface area (TPSA) is 35.0 Å². The smallest absolute Gasteiger partial charge is 0.283 e. The molecule has 1 aromatic carbocycles. The van der Waals surface area contributed by atoms with Crippen LogP contribution in [0.15, 0.2) is 24.4 Å². The summed E-state index contributed by atoms with van der Waals surface area (Å²) in [6.07, 6.45) is -1.64. The zero-order valence-electron chi connectivity index (χ0n) is 9.70. The summed E-state index contributed by atoms with van der Waals surface area (Å²) in [4.78, 5) is 7.37. The highest BCUT2D eigenvalue weighted by Crippen LogP contribution is 2.28. The maximum atomic E-state index is 13.2. The van der Waals surface area contributed by atoms with E-state index in [-0.39, 0.29) is 16.6 Å². The predicted octanol–water partition coefficient (Wildman–Crippen LogP) is 3.88. The molecule has 7 heteroatoms. The van der Waals surface area contributed by atoms with Crippen LogP contribution in [0.2, 0.25) is 5.15 Å². The number of benzene rings is 1. The van der Waals surface area contributed by atoms with Crippen molar-refractivity contribution < 1.29 is 17.9 Å². The molecule has 0 aliphatic heterocycles. The Morgan fingerprint density at radius 1 is 1.32 bits per heavy atom. The first-order valence-corrected chi connectivity index (χ1v) is 5.55. The molecular weight excluding hydrogens is 281 g/mol. The van der Waals surface area contributed by atoms with E-state index in [1.807, 2.05) is 0 Å². The molecule has 0 N–H and O–H groups in total. The number of methoxy groups -OCH3 is 1. The number of alkyl halides is 2. The Balaban J connectivity index is 2.45. The normalized spacial score (nSPS) is 10.8. The molecule has 1 heterocycles. The maximum Gasteiger partial charge on any atom is 0.283 e. The summed E-state index contributed by atoms with van der Waals surface area (Å²) in [7, 11) is 1.32. The first-order chi connectivity index (χ1) is 9.02. The Hall–Kier alpha value is -1.82. The van der Waals surface area contributed by atoms with E-state index in [9.17, 15) is 13.2 Å². The summed E-state index contributed by atoms with van der Waals surface area (Å²) in [5, 5.41) is -0.379. The SMILES string of the molecule is COc1cc(-c2cnc(C(F)F)c(Cl)n2)ccc1F. The second kappa shape index (κ2) is 5.44. The summed E-state index contributed by atoms with van der Waals surface area (Å²) in [5.74, 6) is -0.511. The van der Waals surface area contributed by atoms with E-state index in [1.54, 1.807) is 0 Å². The highest BCUT2D eigenvalue weighted by atomic mass is 35.5. The highest BCUT2D eigenvalue weighted by molar-refractivity contribution is 6.30. The molecule has 100 valence electrons. The molecule has 0 spiro atoms. The van der Waals surface area contributed by atoms with Crippen molar-refractivity contribution in [3.63, 3.8) is 0 Å². The number of ether oxygens (including phenoxy) is 1. The summed E-state index contributed by atoms with van der Waals surface area (Å²) in [6.45, 7) is 0. The Labute approximate surface area is 112 Å². The molecule has 0 aliphatic carbocycles. The van der Waals surface area contributed by atoms with Crippen LogP contribution >= 0.6 is 11.6 Å². The van der Waals surface area contributed by atoms with Crippen LogP contribution in [0.25, 0.3) is 11.3 Å². The number of hydrogen-bond acceptors (Lipinski definition) is 3. The Morgan fingerprint density at radius 3 is 2.63 bits per heavy atom. The van der Waals surface area contributed by atoms with Crippen molar-refractivity contribution in [3.8, 4) is 17.0 Å². The third-order valence-electron chi connectivity index (χ3n) is 2.41. The molecule has 0 atom stereocenters. The van der Waals surface area contributed by atoms with Crippen molar-refractivity contribution in [1.29, 1.82) is 0 Å². The van der Waals surface area contributed by atoms with Crippen LogP contribution in [0.1, 0.15) is 12.1 Å². The van der Waals surface area contributed by atoms with E-state index in [1.165, 1.54) is 25.3 Å². The largest absolute Gasteiger partial charge is 0.494 e. The van der Waals surface area contributed by atoms with Gasteiger partial charge in [-0.1, -0.05) is 11.6 Å². The second-order valence-corrected chi connectivity index (χ2v) is 3.94. The molecule has 0 bridgehead atoms. The number of halogens is 4. The van der Waals surface area contributed by atoms with Gasteiger partial charge in [-0.3, -0.25) is 0 Å². The van der Waals surface area contributed by atoms with E-state index in [0.717, 1.165) is 6.20 Å². The van der Waals surface area contributed by atoms with Crippen molar-refractivity contribution in [2.24, 2.45) is 0 Å². The van der Waals surface area contributed by atoms with Gasteiger partial charge in [0.05, 0.1) is 19.0 Å². The molecule has 0 aliphatic rings. The van der Waals surface area contributed by atoms with Gasteiger partial charge >= 0.3 is 0 Å². The van der Waals surface area contributed by atoms with Gasteiger partial charge < -0.3 is 4.74 Å². The molecule has 0 radical (unpaired) electrons. The minimum atomic E-state index is -2.79. The van der Waals surface area contributed by atoms with Crippen LogP contribution in [-0.2, 0) is 0 Å². The van der Waals surface area contributed by atoms with E-state index in [2.05, 4.69) is 9.97 Å². The molecule has 1 aromatic heterocycles. The molecule has 0 fully saturated rings. The first kappa shape index (κ1) is 13.6. The molecule has 0 saturated heterocycles. The standard InChI is InChI=1S/C12H8ClF3N2O/c1-19-9-4-6(2-3-7(9)14)8-5-17-10(12(15)16)11(13)18-8/h2-5,12H,1H3. The third-order valence-corrected chi connectivity index (χ3v) is 2.69. The molecule has 2 aromatic rings. The molecule has 0 saturated carbocycles. The van der Waals surface area contributed by atoms with Crippen LogP contribution in [0.3, 0.4) is 0 Å². The second-order valence-electron chi connectivity index (χ2n) is 3.58. The van der Waals surface area contributed by atoms with Gasteiger partial charge in [0.15, 0.2) is 16.7 Å². The van der Waals surface area contributed by atoms with Gasteiger partial charge in [-0.25, -0.2) is 23.1 Å². The number of aromatic nitrogens is 2. The summed E-state index contributed by atoms with van der Waals surface area (Å²) < 4.78 is 43.0. The van der Waals surface area contributed by atoms with Crippen molar-refractivity contribution in [3.05, 3.63) is 41.1 Å². The fraction of sp³-hybridized carbons (Fsp3) is 0.167. The molecule has 19 heavy (non-hydrogen) atoms. The zero-order chi connectivity index (χ0) is 14.0. The van der Waals surface area contributed by atoms with Crippen LogP contribution in [0.5, 0.6) is 5.75 Å². The molecule has 0 unspecified atom stereocenters. The Morgan fingerprint density at radius 2 is 2.05 bits per heavy atom. The van der Waals surface area contributed by atoms with Gasteiger partial charge in [0.25, 0.3) is 6.43 Å².